The third-order valence-corrected chi connectivity index (χ3v) is 3.63. The third kappa shape index (κ3) is 3.85. The first-order chi connectivity index (χ1) is 9.09. The molecule has 7 heteroatoms. The van der Waals surface area contributed by atoms with Crippen molar-refractivity contribution in [3.8, 4) is 0 Å². The fourth-order valence-electron chi connectivity index (χ4n) is 2.34. The fourth-order valence-corrected chi connectivity index (χ4v) is 2.34. The van der Waals surface area contributed by atoms with E-state index in [4.69, 9.17) is 14.2 Å². The molecule has 0 saturated carbocycles. The molecule has 2 rings (SSSR count). The summed E-state index contributed by atoms with van der Waals surface area (Å²) in [7, 11) is 0. The molecule has 4 N–H and O–H groups in total. The minimum Gasteiger partial charge on any atom is -0.390 e. The van der Waals surface area contributed by atoms with Gasteiger partial charge in [-0.15, -0.1) is 0 Å². The molecule has 2 saturated heterocycles. The maximum Gasteiger partial charge on any atom is 0.109 e. The van der Waals surface area contributed by atoms with Crippen LogP contribution in [-0.4, -0.2) is 84.0 Å². The third-order valence-electron chi connectivity index (χ3n) is 3.63. The van der Waals surface area contributed by atoms with Gasteiger partial charge in [0.05, 0.1) is 38.6 Å². The maximum atomic E-state index is 9.74. The van der Waals surface area contributed by atoms with Crippen LogP contribution in [0.15, 0.2) is 0 Å². The molecule has 0 bridgehead atoms. The van der Waals surface area contributed by atoms with Crippen molar-refractivity contribution in [2.45, 2.75) is 36.9 Å². The highest BCUT2D eigenvalue weighted by atomic mass is 16.5. The smallest absolute Gasteiger partial charge is 0.109 e. The molecule has 2 heterocycles. The van der Waals surface area contributed by atoms with E-state index < -0.39 is 30.5 Å². The first-order valence-electron chi connectivity index (χ1n) is 6.59. The van der Waals surface area contributed by atoms with E-state index in [-0.39, 0.29) is 25.7 Å². The number of hydrogen-bond acceptors (Lipinski definition) is 7. The summed E-state index contributed by atoms with van der Waals surface area (Å²) in [5.41, 5.74) is 0. The van der Waals surface area contributed by atoms with Gasteiger partial charge < -0.3 is 34.6 Å². The second-order valence-corrected chi connectivity index (χ2v) is 5.15. The van der Waals surface area contributed by atoms with E-state index in [0.717, 1.165) is 0 Å². The Balaban J connectivity index is 1.71. The van der Waals surface area contributed by atoms with E-state index in [9.17, 15) is 20.4 Å². The largest absolute Gasteiger partial charge is 0.390 e. The van der Waals surface area contributed by atoms with Crippen molar-refractivity contribution < 1.29 is 34.6 Å². The number of hydrogen-bond donors (Lipinski definition) is 4. The Morgan fingerprint density at radius 2 is 1.74 bits per heavy atom. The molecule has 6 atom stereocenters. The van der Waals surface area contributed by atoms with Gasteiger partial charge in [0, 0.05) is 12.5 Å². The molecule has 0 amide bonds. The van der Waals surface area contributed by atoms with Crippen molar-refractivity contribution in [3.63, 3.8) is 0 Å². The van der Waals surface area contributed by atoms with E-state index in [0.29, 0.717) is 19.6 Å². The average Bonchev–Trinajstić information content (AvgIpc) is 2.39. The van der Waals surface area contributed by atoms with Crippen LogP contribution in [-0.2, 0) is 14.2 Å². The Morgan fingerprint density at radius 3 is 2.53 bits per heavy atom. The lowest BCUT2D eigenvalue weighted by atomic mass is 9.97. The van der Waals surface area contributed by atoms with Crippen LogP contribution in [0.5, 0.6) is 0 Å². The van der Waals surface area contributed by atoms with Gasteiger partial charge in [-0.2, -0.15) is 0 Å². The second kappa shape index (κ2) is 6.94. The molecule has 19 heavy (non-hydrogen) atoms. The highest BCUT2D eigenvalue weighted by Gasteiger charge is 2.34. The summed E-state index contributed by atoms with van der Waals surface area (Å²) < 4.78 is 15.9. The van der Waals surface area contributed by atoms with Gasteiger partial charge in [0.15, 0.2) is 0 Å². The van der Waals surface area contributed by atoms with Crippen molar-refractivity contribution in [2.24, 2.45) is 5.92 Å². The zero-order chi connectivity index (χ0) is 13.8. The molecule has 2 aliphatic rings. The topological polar surface area (TPSA) is 109 Å². The Hall–Kier alpha value is -0.280. The van der Waals surface area contributed by atoms with Crippen LogP contribution in [0.3, 0.4) is 0 Å². The van der Waals surface area contributed by atoms with E-state index >= 15 is 0 Å². The highest BCUT2D eigenvalue weighted by Crippen LogP contribution is 2.18. The summed E-state index contributed by atoms with van der Waals surface area (Å²) in [6, 6.07) is 0. The van der Waals surface area contributed by atoms with Crippen LogP contribution in [0.25, 0.3) is 0 Å². The van der Waals surface area contributed by atoms with Crippen molar-refractivity contribution in [1.82, 2.24) is 0 Å². The number of aliphatic hydroxyl groups excluding tert-OH is 4. The summed E-state index contributed by atoms with van der Waals surface area (Å²) in [4.78, 5) is 0. The molecule has 112 valence electrons. The van der Waals surface area contributed by atoms with Gasteiger partial charge in [-0.1, -0.05) is 0 Å². The Morgan fingerprint density at radius 1 is 0.947 bits per heavy atom. The first kappa shape index (κ1) is 15.1. The summed E-state index contributed by atoms with van der Waals surface area (Å²) in [6.07, 6.45) is -3.63. The molecular weight excluding hydrogens is 256 g/mol. The fraction of sp³-hybridized carbons (Fsp3) is 1.00. The van der Waals surface area contributed by atoms with Crippen LogP contribution < -0.4 is 0 Å². The van der Waals surface area contributed by atoms with Gasteiger partial charge >= 0.3 is 0 Å². The zero-order valence-electron chi connectivity index (χ0n) is 10.7. The summed E-state index contributed by atoms with van der Waals surface area (Å²) in [5.74, 6) is -0.297. The number of ether oxygens (including phenoxy) is 3. The SMILES string of the molecule is OC1COCC(COCC2OCCC(O)C2O)C1O. The van der Waals surface area contributed by atoms with Gasteiger partial charge in [-0.3, -0.25) is 0 Å². The van der Waals surface area contributed by atoms with E-state index in [2.05, 4.69) is 0 Å². The van der Waals surface area contributed by atoms with Crippen LogP contribution in [0.2, 0.25) is 0 Å². The Bertz CT molecular complexity index is 249. The van der Waals surface area contributed by atoms with Crippen LogP contribution in [0, 0.1) is 5.92 Å². The van der Waals surface area contributed by atoms with Gasteiger partial charge in [0.25, 0.3) is 0 Å². The van der Waals surface area contributed by atoms with E-state index in [1.165, 1.54) is 0 Å². The lowest BCUT2D eigenvalue weighted by Crippen LogP contribution is -2.48. The molecule has 0 aromatic heterocycles. The minimum absolute atomic E-state index is 0.133. The number of aliphatic hydroxyl groups is 4. The standard InChI is InChI=1S/C12H22O7/c13-8-1-2-19-10(12(8)16)6-18-4-7-3-17-5-9(14)11(7)15/h7-16H,1-6H2. The van der Waals surface area contributed by atoms with Gasteiger partial charge in [0.2, 0.25) is 0 Å². The summed E-state index contributed by atoms with van der Waals surface area (Å²) in [6.45, 7) is 1.20. The second-order valence-electron chi connectivity index (χ2n) is 5.15. The van der Waals surface area contributed by atoms with E-state index in [1.807, 2.05) is 0 Å². The van der Waals surface area contributed by atoms with Crippen LogP contribution in [0.4, 0.5) is 0 Å². The molecule has 0 aromatic carbocycles. The predicted octanol–water partition coefficient (Wildman–Crippen LogP) is -2.12. The van der Waals surface area contributed by atoms with Crippen molar-refractivity contribution >= 4 is 0 Å². The average molecular weight is 278 g/mol. The normalized spacial score (nSPS) is 44.2. The molecule has 2 fully saturated rings. The van der Waals surface area contributed by atoms with Crippen LogP contribution >= 0.6 is 0 Å². The predicted molar refractivity (Wildman–Crippen MR) is 63.5 cm³/mol. The molecule has 0 aliphatic carbocycles. The van der Waals surface area contributed by atoms with Crippen molar-refractivity contribution in [3.05, 3.63) is 0 Å². The maximum absolute atomic E-state index is 9.74. The summed E-state index contributed by atoms with van der Waals surface area (Å²) >= 11 is 0. The quantitative estimate of drug-likeness (QED) is 0.465. The van der Waals surface area contributed by atoms with Crippen LogP contribution in [0.1, 0.15) is 6.42 Å². The van der Waals surface area contributed by atoms with Gasteiger partial charge in [-0.25, -0.2) is 0 Å². The van der Waals surface area contributed by atoms with Gasteiger partial charge in [-0.05, 0) is 6.42 Å². The minimum atomic E-state index is -0.952. The lowest BCUT2D eigenvalue weighted by Gasteiger charge is -2.34. The monoisotopic (exact) mass is 278 g/mol. The lowest BCUT2D eigenvalue weighted by molar-refractivity contribution is -0.169. The van der Waals surface area contributed by atoms with Crippen molar-refractivity contribution in [1.29, 1.82) is 0 Å². The van der Waals surface area contributed by atoms with Gasteiger partial charge in [0.1, 0.15) is 18.3 Å². The first-order valence-corrected chi connectivity index (χ1v) is 6.59. The Labute approximate surface area is 111 Å². The Kier molecular flexibility index (Phi) is 5.52. The van der Waals surface area contributed by atoms with E-state index in [1.54, 1.807) is 0 Å². The molecule has 0 aromatic rings. The molecule has 7 nitrogen and oxygen atoms in total. The summed E-state index contributed by atoms with van der Waals surface area (Å²) in [5, 5.41) is 38.4. The number of rotatable bonds is 4. The van der Waals surface area contributed by atoms with Crippen molar-refractivity contribution in [2.75, 3.05) is 33.0 Å². The molecule has 0 radical (unpaired) electrons. The molecule has 6 unspecified atom stereocenters. The molecule has 0 spiro atoms. The molecule has 2 aliphatic heterocycles. The molecular formula is C12H22O7. The zero-order valence-corrected chi connectivity index (χ0v) is 10.7. The highest BCUT2D eigenvalue weighted by molar-refractivity contribution is 4.82.